The Morgan fingerprint density at radius 1 is 1.29 bits per heavy atom. The Kier molecular flexibility index (Phi) is 4.12. The molecule has 1 atom stereocenters. The van der Waals surface area contributed by atoms with Crippen LogP contribution in [0.5, 0.6) is 0 Å². The molecule has 1 aromatic carbocycles. The Labute approximate surface area is 103 Å². The topological polar surface area (TPSA) is 50.5 Å². The molecule has 1 aliphatic heterocycles. The summed E-state index contributed by atoms with van der Waals surface area (Å²) in [6.45, 7) is 6.62. The van der Waals surface area contributed by atoms with E-state index in [1.165, 1.54) is 5.56 Å². The average Bonchev–Trinajstić information content (AvgIpc) is 2.41. The molecule has 1 unspecified atom stereocenters. The van der Waals surface area contributed by atoms with Crippen LogP contribution in [0, 0.1) is 0 Å². The van der Waals surface area contributed by atoms with Crippen molar-refractivity contribution in [3.8, 4) is 0 Å². The standard InChI is InChI=1S/C13H21N3O/c1-13(15-14,12-5-3-2-4-6-12)11-16-7-9-17-10-8-16/h2-6,15H,7-11,14H2,1H3. The summed E-state index contributed by atoms with van der Waals surface area (Å²) in [5, 5.41) is 0. The van der Waals surface area contributed by atoms with Crippen molar-refractivity contribution in [2.45, 2.75) is 12.5 Å². The third kappa shape index (κ3) is 3.04. The number of nitrogens with zero attached hydrogens (tertiary/aromatic N) is 1. The molecule has 0 bridgehead atoms. The first-order valence-corrected chi connectivity index (χ1v) is 6.08. The second-order valence-electron chi connectivity index (χ2n) is 4.73. The van der Waals surface area contributed by atoms with E-state index in [1.807, 2.05) is 18.2 Å². The minimum absolute atomic E-state index is 0.210. The first-order chi connectivity index (χ1) is 8.24. The number of morpholine rings is 1. The molecule has 1 fully saturated rings. The number of benzene rings is 1. The Balaban J connectivity index is 2.08. The van der Waals surface area contributed by atoms with E-state index in [2.05, 4.69) is 29.4 Å². The predicted octanol–water partition coefficient (Wildman–Crippen LogP) is 0.697. The van der Waals surface area contributed by atoms with Gasteiger partial charge < -0.3 is 4.74 Å². The third-order valence-corrected chi connectivity index (χ3v) is 3.37. The Hall–Kier alpha value is -0.940. The quantitative estimate of drug-likeness (QED) is 0.596. The lowest BCUT2D eigenvalue weighted by atomic mass is 9.92. The molecule has 94 valence electrons. The summed E-state index contributed by atoms with van der Waals surface area (Å²) in [6.07, 6.45) is 0. The second-order valence-corrected chi connectivity index (χ2v) is 4.73. The average molecular weight is 235 g/mol. The van der Waals surface area contributed by atoms with Gasteiger partial charge >= 0.3 is 0 Å². The van der Waals surface area contributed by atoms with Crippen LogP contribution in [-0.4, -0.2) is 37.7 Å². The number of ether oxygens (including phenoxy) is 1. The number of nitrogens with one attached hydrogen (secondary N) is 1. The Morgan fingerprint density at radius 2 is 1.94 bits per heavy atom. The number of nitrogens with two attached hydrogens (primary N) is 1. The molecule has 17 heavy (non-hydrogen) atoms. The van der Waals surface area contributed by atoms with Gasteiger partial charge in [-0.3, -0.25) is 10.7 Å². The van der Waals surface area contributed by atoms with E-state index in [0.717, 1.165) is 32.8 Å². The van der Waals surface area contributed by atoms with Crippen LogP contribution in [0.1, 0.15) is 12.5 Å². The van der Waals surface area contributed by atoms with Crippen molar-refractivity contribution >= 4 is 0 Å². The summed E-state index contributed by atoms with van der Waals surface area (Å²) in [4.78, 5) is 2.39. The highest BCUT2D eigenvalue weighted by Crippen LogP contribution is 2.21. The highest BCUT2D eigenvalue weighted by molar-refractivity contribution is 5.23. The highest BCUT2D eigenvalue weighted by Gasteiger charge is 2.28. The van der Waals surface area contributed by atoms with Crippen LogP contribution < -0.4 is 11.3 Å². The molecule has 0 amide bonds. The molecular formula is C13H21N3O. The Bertz CT molecular complexity index is 338. The van der Waals surface area contributed by atoms with Crippen LogP contribution >= 0.6 is 0 Å². The lowest BCUT2D eigenvalue weighted by Crippen LogP contribution is -2.54. The van der Waals surface area contributed by atoms with E-state index in [0.29, 0.717) is 0 Å². The molecular weight excluding hydrogens is 214 g/mol. The first-order valence-electron chi connectivity index (χ1n) is 6.08. The number of hydrogen-bond acceptors (Lipinski definition) is 4. The minimum atomic E-state index is -0.210. The van der Waals surface area contributed by atoms with E-state index < -0.39 is 0 Å². The summed E-state index contributed by atoms with van der Waals surface area (Å²) in [6, 6.07) is 10.3. The van der Waals surface area contributed by atoms with Crippen LogP contribution in [0.2, 0.25) is 0 Å². The molecule has 4 nitrogen and oxygen atoms in total. The van der Waals surface area contributed by atoms with Gasteiger partial charge in [-0.05, 0) is 12.5 Å². The minimum Gasteiger partial charge on any atom is -0.379 e. The first kappa shape index (κ1) is 12.5. The van der Waals surface area contributed by atoms with E-state index in [1.54, 1.807) is 0 Å². The molecule has 0 aromatic heterocycles. The monoisotopic (exact) mass is 235 g/mol. The van der Waals surface area contributed by atoms with Crippen LogP contribution in [-0.2, 0) is 10.3 Å². The van der Waals surface area contributed by atoms with Crippen LogP contribution in [0.3, 0.4) is 0 Å². The fourth-order valence-corrected chi connectivity index (χ4v) is 2.23. The highest BCUT2D eigenvalue weighted by atomic mass is 16.5. The molecule has 0 spiro atoms. The number of hydrazine groups is 1. The van der Waals surface area contributed by atoms with Gasteiger partial charge in [0.15, 0.2) is 0 Å². The smallest absolute Gasteiger partial charge is 0.0668 e. The fraction of sp³-hybridized carbons (Fsp3) is 0.538. The van der Waals surface area contributed by atoms with Crippen molar-refractivity contribution in [1.29, 1.82) is 0 Å². The maximum Gasteiger partial charge on any atom is 0.0668 e. The van der Waals surface area contributed by atoms with Gasteiger partial charge in [0.1, 0.15) is 0 Å². The van der Waals surface area contributed by atoms with Gasteiger partial charge in [0, 0.05) is 19.6 Å². The van der Waals surface area contributed by atoms with Gasteiger partial charge in [-0.15, -0.1) is 0 Å². The zero-order valence-corrected chi connectivity index (χ0v) is 10.4. The molecule has 1 aromatic rings. The maximum absolute atomic E-state index is 5.75. The predicted molar refractivity (Wildman–Crippen MR) is 68.4 cm³/mol. The van der Waals surface area contributed by atoms with E-state index in [-0.39, 0.29) is 5.54 Å². The summed E-state index contributed by atoms with van der Waals surface area (Å²) in [5.41, 5.74) is 3.97. The molecule has 1 saturated heterocycles. The maximum atomic E-state index is 5.75. The zero-order chi connectivity index (χ0) is 12.1. The number of rotatable bonds is 4. The molecule has 2 rings (SSSR count). The van der Waals surface area contributed by atoms with E-state index >= 15 is 0 Å². The van der Waals surface area contributed by atoms with Gasteiger partial charge in [-0.1, -0.05) is 30.3 Å². The van der Waals surface area contributed by atoms with Crippen molar-refractivity contribution in [3.63, 3.8) is 0 Å². The van der Waals surface area contributed by atoms with Crippen molar-refractivity contribution < 1.29 is 4.74 Å². The second kappa shape index (κ2) is 5.60. The molecule has 1 heterocycles. The Morgan fingerprint density at radius 3 is 2.53 bits per heavy atom. The van der Waals surface area contributed by atoms with Crippen molar-refractivity contribution in [2.75, 3.05) is 32.8 Å². The number of hydrogen-bond donors (Lipinski definition) is 2. The van der Waals surface area contributed by atoms with E-state index in [9.17, 15) is 0 Å². The molecule has 3 N–H and O–H groups in total. The summed E-state index contributed by atoms with van der Waals surface area (Å²) in [5.74, 6) is 5.75. The molecule has 0 aliphatic carbocycles. The fourth-order valence-electron chi connectivity index (χ4n) is 2.23. The molecule has 4 heteroatoms. The third-order valence-electron chi connectivity index (χ3n) is 3.37. The van der Waals surface area contributed by atoms with Gasteiger partial charge in [-0.25, -0.2) is 5.43 Å². The van der Waals surface area contributed by atoms with Crippen molar-refractivity contribution in [1.82, 2.24) is 10.3 Å². The lowest BCUT2D eigenvalue weighted by Gasteiger charge is -2.37. The molecule has 1 aliphatic rings. The largest absolute Gasteiger partial charge is 0.379 e. The van der Waals surface area contributed by atoms with Gasteiger partial charge in [0.05, 0.1) is 18.8 Å². The summed E-state index contributed by atoms with van der Waals surface area (Å²) >= 11 is 0. The molecule has 0 radical (unpaired) electrons. The zero-order valence-electron chi connectivity index (χ0n) is 10.4. The SMILES string of the molecule is CC(CN1CCOCC1)(NN)c1ccccc1. The van der Waals surface area contributed by atoms with Gasteiger partial charge in [-0.2, -0.15) is 0 Å². The summed E-state index contributed by atoms with van der Waals surface area (Å²) < 4.78 is 5.36. The van der Waals surface area contributed by atoms with Crippen molar-refractivity contribution in [2.24, 2.45) is 5.84 Å². The molecule has 0 saturated carbocycles. The lowest BCUT2D eigenvalue weighted by molar-refractivity contribution is 0.0248. The normalized spacial score (nSPS) is 21.1. The van der Waals surface area contributed by atoms with Crippen LogP contribution in [0.15, 0.2) is 30.3 Å². The van der Waals surface area contributed by atoms with E-state index in [4.69, 9.17) is 10.6 Å². The van der Waals surface area contributed by atoms with Crippen LogP contribution in [0.4, 0.5) is 0 Å². The van der Waals surface area contributed by atoms with Gasteiger partial charge in [0.2, 0.25) is 0 Å². The summed E-state index contributed by atoms with van der Waals surface area (Å²) in [7, 11) is 0. The van der Waals surface area contributed by atoms with Crippen molar-refractivity contribution in [3.05, 3.63) is 35.9 Å². The van der Waals surface area contributed by atoms with Gasteiger partial charge in [0.25, 0.3) is 0 Å². The van der Waals surface area contributed by atoms with Crippen LogP contribution in [0.25, 0.3) is 0 Å².